The SMILES string of the molecule is CC(NC(=O)CSc1ncnc2sc(-c3ccccc3)cc12)c1ccc2c(c1)OCCO2. The van der Waals surface area contributed by atoms with Gasteiger partial charge in [0, 0.05) is 10.3 Å². The molecule has 0 aliphatic carbocycles. The molecule has 0 radical (unpaired) electrons. The van der Waals surface area contributed by atoms with Crippen LogP contribution >= 0.6 is 23.1 Å². The Morgan fingerprint density at radius 3 is 2.75 bits per heavy atom. The quantitative estimate of drug-likeness (QED) is 0.317. The summed E-state index contributed by atoms with van der Waals surface area (Å²) in [4.78, 5) is 23.5. The van der Waals surface area contributed by atoms with Gasteiger partial charge in [-0.25, -0.2) is 9.97 Å². The van der Waals surface area contributed by atoms with Crippen molar-refractivity contribution in [3.05, 3.63) is 66.5 Å². The molecule has 5 rings (SSSR count). The summed E-state index contributed by atoms with van der Waals surface area (Å²) in [6.45, 7) is 3.06. The number of ether oxygens (including phenoxy) is 2. The molecule has 1 aliphatic heterocycles. The molecule has 3 heterocycles. The topological polar surface area (TPSA) is 73.3 Å². The van der Waals surface area contributed by atoms with E-state index in [9.17, 15) is 4.79 Å². The van der Waals surface area contributed by atoms with Gasteiger partial charge < -0.3 is 14.8 Å². The Balaban J connectivity index is 1.25. The van der Waals surface area contributed by atoms with Crippen LogP contribution in [0.4, 0.5) is 0 Å². The maximum Gasteiger partial charge on any atom is 0.230 e. The number of aromatic nitrogens is 2. The predicted octanol–water partition coefficient (Wildman–Crippen LogP) is 5.10. The maximum atomic E-state index is 12.6. The minimum absolute atomic E-state index is 0.0531. The Kier molecular flexibility index (Phi) is 5.96. The molecule has 0 saturated carbocycles. The standard InChI is InChI=1S/C24H21N3O3S2/c1-15(17-7-8-19-20(11-17)30-10-9-29-19)27-22(28)13-31-23-18-12-21(16-5-3-2-4-6-16)32-24(18)26-14-25-23/h2-8,11-12,14-15H,9-10,13H2,1H3,(H,27,28). The van der Waals surface area contributed by atoms with Gasteiger partial charge in [0.25, 0.3) is 0 Å². The highest BCUT2D eigenvalue weighted by Gasteiger charge is 2.17. The van der Waals surface area contributed by atoms with Crippen molar-refractivity contribution < 1.29 is 14.3 Å². The lowest BCUT2D eigenvalue weighted by molar-refractivity contribution is -0.119. The van der Waals surface area contributed by atoms with Gasteiger partial charge in [0.05, 0.1) is 11.8 Å². The Bertz CT molecular complexity index is 1260. The molecule has 6 nitrogen and oxygen atoms in total. The molecule has 1 N–H and O–H groups in total. The third-order valence-electron chi connectivity index (χ3n) is 5.13. The fourth-order valence-electron chi connectivity index (χ4n) is 3.52. The van der Waals surface area contributed by atoms with E-state index in [1.54, 1.807) is 17.7 Å². The van der Waals surface area contributed by atoms with Crippen molar-refractivity contribution in [2.24, 2.45) is 0 Å². The highest BCUT2D eigenvalue weighted by Crippen LogP contribution is 2.36. The van der Waals surface area contributed by atoms with Gasteiger partial charge in [0.15, 0.2) is 11.5 Å². The molecule has 32 heavy (non-hydrogen) atoms. The molecule has 1 atom stereocenters. The normalized spacial score (nSPS) is 13.7. The van der Waals surface area contributed by atoms with Gasteiger partial charge in [-0.15, -0.1) is 11.3 Å². The summed E-state index contributed by atoms with van der Waals surface area (Å²) in [7, 11) is 0. The number of carbonyl (C=O) groups is 1. The molecule has 0 bridgehead atoms. The minimum atomic E-state index is -0.143. The van der Waals surface area contributed by atoms with Gasteiger partial charge in [-0.05, 0) is 36.2 Å². The second kappa shape index (κ2) is 9.18. The second-order valence-electron chi connectivity index (χ2n) is 7.36. The monoisotopic (exact) mass is 463 g/mol. The van der Waals surface area contributed by atoms with Crippen LogP contribution in [-0.2, 0) is 4.79 Å². The molecule has 0 saturated heterocycles. The van der Waals surface area contributed by atoms with Crippen LogP contribution in [-0.4, -0.2) is 34.8 Å². The number of amides is 1. The number of nitrogens with zero attached hydrogens (tertiary/aromatic N) is 2. The number of nitrogens with one attached hydrogen (secondary N) is 1. The van der Waals surface area contributed by atoms with Gasteiger partial charge in [0.2, 0.25) is 5.91 Å². The fourth-order valence-corrected chi connectivity index (χ4v) is 5.38. The number of rotatable bonds is 6. The molecule has 2 aromatic heterocycles. The first-order valence-corrected chi connectivity index (χ1v) is 12.1. The zero-order valence-electron chi connectivity index (χ0n) is 17.4. The zero-order chi connectivity index (χ0) is 21.9. The smallest absolute Gasteiger partial charge is 0.230 e. The molecule has 2 aromatic carbocycles. The van der Waals surface area contributed by atoms with E-state index in [2.05, 4.69) is 33.5 Å². The van der Waals surface area contributed by atoms with Crippen LogP contribution in [0, 0.1) is 0 Å². The van der Waals surface area contributed by atoms with Crippen molar-refractivity contribution >= 4 is 39.2 Å². The first-order valence-electron chi connectivity index (χ1n) is 10.3. The molecule has 1 aliphatic rings. The van der Waals surface area contributed by atoms with E-state index in [0.717, 1.165) is 42.7 Å². The van der Waals surface area contributed by atoms with Gasteiger partial charge in [-0.3, -0.25) is 4.79 Å². The van der Waals surface area contributed by atoms with Crippen LogP contribution in [0.15, 0.2) is 66.0 Å². The highest BCUT2D eigenvalue weighted by molar-refractivity contribution is 8.00. The molecular formula is C24H21N3O3S2. The Morgan fingerprint density at radius 1 is 1.09 bits per heavy atom. The van der Waals surface area contributed by atoms with E-state index in [0.29, 0.717) is 13.2 Å². The maximum absolute atomic E-state index is 12.6. The Hall–Kier alpha value is -3.10. The third-order valence-corrected chi connectivity index (χ3v) is 7.23. The van der Waals surface area contributed by atoms with E-state index in [4.69, 9.17) is 9.47 Å². The van der Waals surface area contributed by atoms with E-state index < -0.39 is 0 Å². The van der Waals surface area contributed by atoms with Crippen molar-refractivity contribution in [3.63, 3.8) is 0 Å². The van der Waals surface area contributed by atoms with Crippen LogP contribution in [0.25, 0.3) is 20.7 Å². The third kappa shape index (κ3) is 4.42. The summed E-state index contributed by atoms with van der Waals surface area (Å²) < 4.78 is 11.2. The summed E-state index contributed by atoms with van der Waals surface area (Å²) in [5.41, 5.74) is 2.12. The fraction of sp³-hybridized carbons (Fsp3) is 0.208. The summed E-state index contributed by atoms with van der Waals surface area (Å²) in [5.74, 6) is 1.69. The van der Waals surface area contributed by atoms with Gasteiger partial charge >= 0.3 is 0 Å². The highest BCUT2D eigenvalue weighted by atomic mass is 32.2. The molecule has 1 unspecified atom stereocenters. The lowest BCUT2D eigenvalue weighted by Crippen LogP contribution is -2.28. The molecule has 4 aromatic rings. The minimum Gasteiger partial charge on any atom is -0.486 e. The number of fused-ring (bicyclic) bond motifs is 2. The number of hydrogen-bond donors (Lipinski definition) is 1. The van der Waals surface area contributed by atoms with Crippen LogP contribution < -0.4 is 14.8 Å². The Labute approximate surface area is 194 Å². The molecule has 1 amide bonds. The molecule has 162 valence electrons. The molecule has 0 fully saturated rings. The van der Waals surface area contributed by atoms with Crippen molar-refractivity contribution in [1.29, 1.82) is 0 Å². The number of thioether (sulfide) groups is 1. The van der Waals surface area contributed by atoms with E-state index >= 15 is 0 Å². The summed E-state index contributed by atoms with van der Waals surface area (Å²) in [6, 6.07) is 17.9. The van der Waals surface area contributed by atoms with Crippen molar-refractivity contribution in [2.45, 2.75) is 18.0 Å². The number of thiophene rings is 1. The Morgan fingerprint density at radius 2 is 1.91 bits per heavy atom. The number of hydrogen-bond acceptors (Lipinski definition) is 7. The van der Waals surface area contributed by atoms with Crippen LogP contribution in [0.5, 0.6) is 11.5 Å². The van der Waals surface area contributed by atoms with Crippen molar-refractivity contribution in [2.75, 3.05) is 19.0 Å². The number of benzene rings is 2. The molecule has 8 heteroatoms. The van der Waals surface area contributed by atoms with Crippen molar-refractivity contribution in [1.82, 2.24) is 15.3 Å². The largest absolute Gasteiger partial charge is 0.486 e. The van der Waals surface area contributed by atoms with Crippen LogP contribution in [0.3, 0.4) is 0 Å². The van der Waals surface area contributed by atoms with Crippen LogP contribution in [0.2, 0.25) is 0 Å². The summed E-state index contributed by atoms with van der Waals surface area (Å²) >= 11 is 3.06. The van der Waals surface area contributed by atoms with Gasteiger partial charge in [0.1, 0.15) is 29.4 Å². The summed E-state index contributed by atoms with van der Waals surface area (Å²) in [5, 5.41) is 4.85. The predicted molar refractivity (Wildman–Crippen MR) is 128 cm³/mol. The van der Waals surface area contributed by atoms with Gasteiger partial charge in [-0.1, -0.05) is 48.2 Å². The van der Waals surface area contributed by atoms with E-state index in [1.807, 2.05) is 43.3 Å². The average molecular weight is 464 g/mol. The van der Waals surface area contributed by atoms with Crippen LogP contribution in [0.1, 0.15) is 18.5 Å². The van der Waals surface area contributed by atoms with Crippen molar-refractivity contribution in [3.8, 4) is 21.9 Å². The first kappa shape index (κ1) is 20.8. The molecular weight excluding hydrogens is 442 g/mol. The first-order chi connectivity index (χ1) is 15.7. The average Bonchev–Trinajstić information content (AvgIpc) is 3.28. The summed E-state index contributed by atoms with van der Waals surface area (Å²) in [6.07, 6.45) is 1.56. The van der Waals surface area contributed by atoms with E-state index in [-0.39, 0.29) is 17.7 Å². The van der Waals surface area contributed by atoms with Gasteiger partial charge in [-0.2, -0.15) is 0 Å². The zero-order valence-corrected chi connectivity index (χ0v) is 19.0. The van der Waals surface area contributed by atoms with E-state index in [1.165, 1.54) is 11.8 Å². The molecule has 0 spiro atoms. The lowest BCUT2D eigenvalue weighted by atomic mass is 10.1. The second-order valence-corrected chi connectivity index (χ2v) is 9.35. The lowest BCUT2D eigenvalue weighted by Gasteiger charge is -2.21. The number of carbonyl (C=O) groups excluding carboxylic acids is 1.